The smallest absolute Gasteiger partial charge is 0.331 e. The molecular weight excluding hydrogens is 416 g/mol. The highest BCUT2D eigenvalue weighted by Crippen LogP contribution is 2.41. The Morgan fingerprint density at radius 3 is 2.44 bits per heavy atom. The van der Waals surface area contributed by atoms with E-state index in [2.05, 4.69) is 0 Å². The van der Waals surface area contributed by atoms with Crippen molar-refractivity contribution < 1.29 is 13.5 Å². The second kappa shape index (κ2) is 7.27. The maximum absolute atomic E-state index is 14.8. The Hall–Kier alpha value is -3.52. The molecule has 0 saturated carbocycles. The Labute approximate surface area is 181 Å². The molecule has 1 aliphatic rings. The molecule has 8 heteroatoms. The Kier molecular flexibility index (Phi) is 4.63. The molecule has 0 N–H and O–H groups in total. The summed E-state index contributed by atoms with van der Waals surface area (Å²) in [4.78, 5) is 26.1. The van der Waals surface area contributed by atoms with Crippen molar-refractivity contribution >= 4 is 10.9 Å². The van der Waals surface area contributed by atoms with Crippen LogP contribution in [0.25, 0.3) is 22.2 Å². The van der Waals surface area contributed by atoms with E-state index < -0.39 is 29.0 Å². The molecule has 1 atom stereocenters. The van der Waals surface area contributed by atoms with E-state index >= 15 is 0 Å². The summed E-state index contributed by atoms with van der Waals surface area (Å²) in [5.41, 5.74) is 2.39. The number of hydrogen-bond acceptors (Lipinski definition) is 3. The van der Waals surface area contributed by atoms with E-state index in [1.165, 1.54) is 23.7 Å². The zero-order valence-corrected chi connectivity index (χ0v) is 17.9. The van der Waals surface area contributed by atoms with Crippen molar-refractivity contribution in [1.29, 1.82) is 0 Å². The first-order chi connectivity index (χ1) is 15.3. The van der Waals surface area contributed by atoms with Crippen molar-refractivity contribution in [3.05, 3.63) is 91.8 Å². The van der Waals surface area contributed by atoms with E-state index in [4.69, 9.17) is 4.74 Å². The second-order valence-corrected chi connectivity index (χ2v) is 8.07. The highest BCUT2D eigenvalue weighted by atomic mass is 19.2. The van der Waals surface area contributed by atoms with E-state index in [1.54, 1.807) is 7.05 Å². The van der Waals surface area contributed by atoms with Gasteiger partial charge in [-0.3, -0.25) is 13.9 Å². The maximum Gasteiger partial charge on any atom is 0.331 e. The van der Waals surface area contributed by atoms with Crippen molar-refractivity contribution in [3.8, 4) is 11.3 Å². The van der Waals surface area contributed by atoms with Gasteiger partial charge in [0.25, 0.3) is 5.56 Å². The van der Waals surface area contributed by atoms with Gasteiger partial charge in [0, 0.05) is 26.2 Å². The second-order valence-electron chi connectivity index (χ2n) is 8.07. The Bertz CT molecular complexity index is 1500. The minimum atomic E-state index is -1.01. The molecule has 5 rings (SSSR count). The molecule has 0 spiro atoms. The van der Waals surface area contributed by atoms with Gasteiger partial charge in [-0.25, -0.2) is 13.6 Å². The lowest BCUT2D eigenvalue weighted by Crippen LogP contribution is -2.37. The lowest BCUT2D eigenvalue weighted by molar-refractivity contribution is 0.0453. The zero-order valence-electron chi connectivity index (χ0n) is 17.9. The van der Waals surface area contributed by atoms with Crippen LogP contribution in [0.15, 0.2) is 52.1 Å². The number of nitrogens with zero attached hydrogens (tertiary/aromatic N) is 3. The molecule has 0 radical (unpaired) electrons. The summed E-state index contributed by atoms with van der Waals surface area (Å²) >= 11 is 0. The Morgan fingerprint density at radius 1 is 1.00 bits per heavy atom. The van der Waals surface area contributed by atoms with Crippen LogP contribution in [0.4, 0.5) is 8.78 Å². The van der Waals surface area contributed by atoms with Gasteiger partial charge in [-0.1, -0.05) is 42.0 Å². The quantitative estimate of drug-likeness (QED) is 0.483. The topological polar surface area (TPSA) is 58.2 Å². The summed E-state index contributed by atoms with van der Waals surface area (Å²) in [6.45, 7) is 2.61. The van der Waals surface area contributed by atoms with Crippen LogP contribution in [-0.2, 0) is 25.4 Å². The van der Waals surface area contributed by atoms with Crippen molar-refractivity contribution in [1.82, 2.24) is 13.7 Å². The van der Waals surface area contributed by atoms with Crippen molar-refractivity contribution in [2.45, 2.75) is 19.6 Å². The first kappa shape index (κ1) is 20.4. The molecule has 1 aliphatic heterocycles. The number of halogens is 2. The molecule has 32 heavy (non-hydrogen) atoms. The number of aryl methyl sites for hydroxylation is 2. The van der Waals surface area contributed by atoms with Gasteiger partial charge in [0.2, 0.25) is 0 Å². The van der Waals surface area contributed by atoms with Crippen LogP contribution in [0.3, 0.4) is 0 Å². The largest absolute Gasteiger partial charge is 0.365 e. The average molecular weight is 437 g/mol. The predicted molar refractivity (Wildman–Crippen MR) is 117 cm³/mol. The molecule has 4 aromatic rings. The van der Waals surface area contributed by atoms with Gasteiger partial charge in [-0.2, -0.15) is 0 Å². The first-order valence-corrected chi connectivity index (χ1v) is 10.3. The first-order valence-electron chi connectivity index (χ1n) is 10.3. The third-order valence-corrected chi connectivity index (χ3v) is 6.14. The Balaban J connectivity index is 1.95. The minimum absolute atomic E-state index is 0.0222. The molecule has 164 valence electrons. The number of aromatic nitrogens is 3. The standard InChI is InChI=1S/C24H21F2N3O3/c1-13-7-9-14(10-8-13)19-17-20(27(2)24(31)28(3)23(17)30)21-22(32-12-11-29(19)21)15-5-4-6-16(25)18(15)26/h4-10,22H,11-12H2,1-3H3/t22-/m0/s1. The molecule has 0 aliphatic carbocycles. The molecule has 6 nitrogen and oxygen atoms in total. The van der Waals surface area contributed by atoms with Crippen LogP contribution in [0.1, 0.15) is 22.9 Å². The Morgan fingerprint density at radius 2 is 1.72 bits per heavy atom. The lowest BCUT2D eigenvalue weighted by atomic mass is 10.0. The van der Waals surface area contributed by atoms with Gasteiger partial charge < -0.3 is 9.30 Å². The fourth-order valence-corrected chi connectivity index (χ4v) is 4.55. The van der Waals surface area contributed by atoms with Gasteiger partial charge in [0.05, 0.1) is 28.9 Å². The number of ether oxygens (including phenoxy) is 1. The summed E-state index contributed by atoms with van der Waals surface area (Å²) in [5.74, 6) is -1.99. The number of hydrogen-bond donors (Lipinski definition) is 0. The van der Waals surface area contributed by atoms with E-state index in [0.29, 0.717) is 28.8 Å². The van der Waals surface area contributed by atoms with Gasteiger partial charge >= 0.3 is 5.69 Å². The van der Waals surface area contributed by atoms with Crippen LogP contribution in [-0.4, -0.2) is 20.3 Å². The van der Waals surface area contributed by atoms with Crippen molar-refractivity contribution in [2.24, 2.45) is 14.1 Å². The van der Waals surface area contributed by atoms with Crippen molar-refractivity contribution in [2.75, 3.05) is 6.61 Å². The maximum atomic E-state index is 14.8. The lowest BCUT2D eigenvalue weighted by Gasteiger charge is -2.28. The number of rotatable bonds is 2. The summed E-state index contributed by atoms with van der Waals surface area (Å²) in [7, 11) is 3.00. The third kappa shape index (κ3) is 2.79. The van der Waals surface area contributed by atoms with E-state index in [0.717, 1.165) is 21.8 Å². The summed E-state index contributed by atoms with van der Waals surface area (Å²) in [6, 6.07) is 11.6. The van der Waals surface area contributed by atoms with Crippen LogP contribution in [0.2, 0.25) is 0 Å². The average Bonchev–Trinajstić information content (AvgIpc) is 3.14. The predicted octanol–water partition coefficient (Wildman–Crippen LogP) is 3.41. The van der Waals surface area contributed by atoms with Crippen LogP contribution < -0.4 is 11.2 Å². The van der Waals surface area contributed by atoms with E-state index in [-0.39, 0.29) is 12.2 Å². The normalized spacial score (nSPS) is 15.8. The summed E-state index contributed by atoms with van der Waals surface area (Å²) in [6.07, 6.45) is -0.973. The molecule has 0 amide bonds. The summed E-state index contributed by atoms with van der Waals surface area (Å²) in [5, 5.41) is 0.348. The molecule has 2 aromatic carbocycles. The monoisotopic (exact) mass is 437 g/mol. The van der Waals surface area contributed by atoms with E-state index in [9.17, 15) is 18.4 Å². The van der Waals surface area contributed by atoms with Crippen LogP contribution in [0.5, 0.6) is 0 Å². The molecular formula is C24H21F2N3O3. The minimum Gasteiger partial charge on any atom is -0.365 e. The van der Waals surface area contributed by atoms with Gasteiger partial charge in [0.15, 0.2) is 11.6 Å². The molecule has 0 saturated heterocycles. The fraction of sp³-hybridized carbons (Fsp3) is 0.250. The van der Waals surface area contributed by atoms with Crippen LogP contribution in [0, 0.1) is 18.6 Å². The number of benzene rings is 2. The summed E-state index contributed by atoms with van der Waals surface area (Å²) < 4.78 is 39.1. The highest BCUT2D eigenvalue weighted by Gasteiger charge is 2.34. The SMILES string of the molecule is Cc1ccc(-c2c3c(=O)n(C)c(=O)n(C)c3c3n2CCO[C@H]3c2cccc(F)c2F)cc1. The zero-order chi connectivity index (χ0) is 22.7. The molecule has 0 fully saturated rings. The molecule has 3 heterocycles. The van der Waals surface area contributed by atoms with Gasteiger partial charge in [0.1, 0.15) is 6.10 Å². The van der Waals surface area contributed by atoms with Crippen LogP contribution >= 0.6 is 0 Å². The van der Waals surface area contributed by atoms with Crippen molar-refractivity contribution in [3.63, 3.8) is 0 Å². The van der Waals surface area contributed by atoms with E-state index in [1.807, 2.05) is 35.8 Å². The fourth-order valence-electron chi connectivity index (χ4n) is 4.55. The van der Waals surface area contributed by atoms with Gasteiger partial charge in [-0.05, 0) is 18.6 Å². The third-order valence-electron chi connectivity index (χ3n) is 6.14. The molecule has 0 bridgehead atoms. The van der Waals surface area contributed by atoms with Gasteiger partial charge in [-0.15, -0.1) is 0 Å². The molecule has 2 aromatic heterocycles. The highest BCUT2D eigenvalue weighted by molar-refractivity contribution is 5.96. The molecule has 0 unspecified atom stereocenters. The number of fused-ring (bicyclic) bond motifs is 3.